The minimum Gasteiger partial charge on any atom is -0.508 e. The normalized spacial score (nSPS) is 35.1. The number of thioether (sulfide) groups is 1. The van der Waals surface area contributed by atoms with Gasteiger partial charge in [-0.05, 0) is 132 Å². The summed E-state index contributed by atoms with van der Waals surface area (Å²) in [7, 11) is 8.67. The molecule has 4 aromatic rings. The van der Waals surface area contributed by atoms with E-state index in [-0.39, 0.29) is 48.7 Å². The Morgan fingerprint density at radius 2 is 1.53 bits per heavy atom. The van der Waals surface area contributed by atoms with Gasteiger partial charge in [-0.1, -0.05) is 39.8 Å². The van der Waals surface area contributed by atoms with Crippen LogP contribution < -0.4 is 20.5 Å². The maximum Gasteiger partial charge on any atom is 0.327 e. The van der Waals surface area contributed by atoms with Crippen molar-refractivity contribution in [3.05, 3.63) is 71.0 Å². The number of cyclic esters (lactones) is 1. The smallest absolute Gasteiger partial charge is 0.327 e. The number of aromatic nitrogens is 3. The lowest BCUT2D eigenvalue weighted by molar-refractivity contribution is -0.319. The average Bonchev–Trinajstić information content (AvgIpc) is 1.57. The number of nitrogens with zero attached hydrogens (tertiary/aromatic N) is 4. The molecule has 9 rings (SSSR count). The number of rotatable bonds is 17. The van der Waals surface area contributed by atoms with Crippen molar-refractivity contribution in [3.8, 4) is 17.2 Å². The van der Waals surface area contributed by atoms with Gasteiger partial charge in [-0.15, -0.1) is 11.8 Å². The van der Waals surface area contributed by atoms with Crippen LogP contribution in [-0.4, -0.2) is 238 Å². The highest BCUT2D eigenvalue weighted by molar-refractivity contribution is 8.01. The molecule has 5 aliphatic rings. The summed E-state index contributed by atoms with van der Waals surface area (Å²) >= 11 is 1.35. The highest BCUT2D eigenvalue weighted by atomic mass is 32.2. The summed E-state index contributed by atoms with van der Waals surface area (Å²) in [5, 5.41) is 66.8. The largest absolute Gasteiger partial charge is 0.508 e. The van der Waals surface area contributed by atoms with Crippen molar-refractivity contribution in [2.24, 2.45) is 29.4 Å². The number of pyridine rings is 1. The van der Waals surface area contributed by atoms with E-state index in [1.807, 2.05) is 64.9 Å². The summed E-state index contributed by atoms with van der Waals surface area (Å²) in [5.74, 6) is -4.62. The third-order valence-electron chi connectivity index (χ3n) is 20.7. The Kier molecular flexibility index (Phi) is 27.2. The number of phenolic OH excluding ortho intramolecular Hbond substituents is 1. The van der Waals surface area contributed by atoms with E-state index in [1.165, 1.54) is 62.1 Å². The zero-order valence-corrected chi connectivity index (χ0v) is 63.2. The number of likely N-dealkylation sites (N-methyl/N-ethyl adjacent to an activating group) is 1. The highest BCUT2D eigenvalue weighted by Crippen LogP contribution is 2.51. The van der Waals surface area contributed by atoms with E-state index < -0.39 is 159 Å². The molecule has 7 heterocycles. The zero-order valence-electron chi connectivity index (χ0n) is 61.6. The fourth-order valence-corrected chi connectivity index (χ4v) is 17.1. The molecule has 30 heteroatoms. The molecule has 0 radical (unpaired) electrons. The van der Waals surface area contributed by atoms with Crippen LogP contribution in [0.4, 0.5) is 0 Å². The Morgan fingerprint density at radius 1 is 0.891 bits per heavy atom. The number of hydrogen-bond donors (Lipinski definition) is 9. The van der Waals surface area contributed by atoms with Crippen LogP contribution in [0.1, 0.15) is 137 Å². The molecule has 5 aliphatic heterocycles. The number of methoxy groups -OCH3 is 4. The van der Waals surface area contributed by atoms with Gasteiger partial charge in [0.15, 0.2) is 17.7 Å². The SMILES string of the molecule is CC1(C)S[C@@H]2[C@H](NC(=O)[C@H](N)c3ccc(O)cc3)C(=O)N2[C@H]1C(=O)O.CC[C@H]1OC(=O)[C@H](C)[C@@H](O[C@H]2C[C@@](C)(OC)[C@@H](O)[C@H](C)O2)C(C)[C@@H](O[C@@H]2O[C@H](C)C[C@H](N(C)C)[C@H]2O)[C@](C)(OC)C[C@@H](C)C(=O)[C@H](C)[C@@H](O)[C@]1(C)O.COc1ccc2nc(S(=O)Cc3ncc(C)c(OC)c3C)[nH]c2c1. The number of aliphatic hydroxyl groups is 4. The Bertz CT molecular complexity index is 3570. The monoisotopic (exact) mass is 1460 g/mol. The van der Waals surface area contributed by atoms with Crippen LogP contribution in [0.5, 0.6) is 17.2 Å². The van der Waals surface area contributed by atoms with Crippen LogP contribution in [0.3, 0.4) is 0 Å². The van der Waals surface area contributed by atoms with Gasteiger partial charge in [0.25, 0.3) is 0 Å². The quantitative estimate of drug-likeness (QED) is 0.0474. The Hall–Kier alpha value is -5.97. The van der Waals surface area contributed by atoms with Gasteiger partial charge in [0.1, 0.15) is 70.4 Å². The van der Waals surface area contributed by atoms with Gasteiger partial charge in [-0.2, -0.15) is 0 Å². The number of carbonyl (C=O) groups is 5. The molecule has 0 aliphatic carbocycles. The molecule has 2 unspecified atom stereocenters. The molecule has 564 valence electrons. The van der Waals surface area contributed by atoms with E-state index in [0.29, 0.717) is 17.1 Å². The predicted molar refractivity (Wildman–Crippen MR) is 375 cm³/mol. The lowest BCUT2D eigenvalue weighted by Gasteiger charge is -2.50. The summed E-state index contributed by atoms with van der Waals surface area (Å²) in [5.41, 5.74) is 6.32. The van der Waals surface area contributed by atoms with Crippen LogP contribution in [0.25, 0.3) is 11.0 Å². The molecule has 0 bridgehead atoms. The van der Waals surface area contributed by atoms with Crippen molar-refractivity contribution < 1.29 is 101 Å². The number of ketones is 1. The molecular formula is C71H107N7O21S2. The number of hydrogen-bond acceptors (Lipinski definition) is 25. The third kappa shape index (κ3) is 17.9. The van der Waals surface area contributed by atoms with Gasteiger partial charge in [-0.25, -0.2) is 9.78 Å². The van der Waals surface area contributed by atoms with Crippen molar-refractivity contribution in [3.63, 3.8) is 0 Å². The first kappa shape index (κ1) is 82.3. The maximum atomic E-state index is 14.2. The van der Waals surface area contributed by atoms with E-state index in [0.717, 1.165) is 39.4 Å². The van der Waals surface area contributed by atoms with Crippen LogP contribution >= 0.6 is 11.8 Å². The van der Waals surface area contributed by atoms with E-state index in [1.54, 1.807) is 82.7 Å². The second-order valence-electron chi connectivity index (χ2n) is 28.7. The number of phenols is 1. The van der Waals surface area contributed by atoms with Gasteiger partial charge < -0.3 is 99.1 Å². The fraction of sp³-hybridized carbons (Fsp3) is 0.676. The number of nitrogens with one attached hydrogen (secondary N) is 2. The number of imidazole rings is 1. The van der Waals surface area contributed by atoms with E-state index in [4.69, 9.17) is 48.4 Å². The van der Waals surface area contributed by atoms with Crippen LogP contribution in [-0.2, 0) is 73.7 Å². The molecule has 5 fully saturated rings. The number of aliphatic carboxylic acids is 1. The number of nitrogens with two attached hydrogens (primary N) is 1. The molecule has 101 heavy (non-hydrogen) atoms. The molecule has 28 nitrogen and oxygen atoms in total. The number of aromatic amines is 1. The molecule has 0 spiro atoms. The second kappa shape index (κ2) is 33.4. The number of carbonyl (C=O) groups excluding carboxylic acids is 4. The van der Waals surface area contributed by atoms with Gasteiger partial charge in [0.2, 0.25) is 11.8 Å². The second-order valence-corrected chi connectivity index (χ2v) is 31.9. The Balaban J connectivity index is 0.000000240. The van der Waals surface area contributed by atoms with Crippen LogP contribution in [0, 0.1) is 37.5 Å². The molecule has 0 saturated carbocycles. The number of β-lactam (4-membered cyclic amide) rings is 1. The number of fused-ring (bicyclic) bond motifs is 2. The number of amides is 2. The van der Waals surface area contributed by atoms with Gasteiger partial charge in [0.05, 0.1) is 95.1 Å². The number of benzene rings is 2. The molecular weight excluding hydrogens is 1350 g/mol. The lowest BCUT2D eigenvalue weighted by atomic mass is 9.74. The summed E-state index contributed by atoms with van der Waals surface area (Å²) in [4.78, 5) is 79.4. The minimum absolute atomic E-state index is 0.0606. The number of Topliss-reactive ketones (excluding diaryl/α,β-unsaturated/α-hetero) is 1. The van der Waals surface area contributed by atoms with Crippen molar-refractivity contribution in [2.45, 2.75) is 246 Å². The summed E-state index contributed by atoms with van der Waals surface area (Å²) in [6.07, 6.45) is -6.99. The van der Waals surface area contributed by atoms with E-state index in [2.05, 4.69) is 20.3 Å². The number of carboxylic acid groups (broad SMARTS) is 1. The summed E-state index contributed by atoms with van der Waals surface area (Å²) < 4.78 is 66.5. The molecule has 2 amide bonds. The number of esters is 1. The lowest BCUT2D eigenvalue weighted by Crippen LogP contribution is -2.71. The van der Waals surface area contributed by atoms with Crippen molar-refractivity contribution in [1.29, 1.82) is 0 Å². The van der Waals surface area contributed by atoms with Crippen LogP contribution in [0.2, 0.25) is 0 Å². The van der Waals surface area contributed by atoms with Crippen molar-refractivity contribution >= 4 is 63.1 Å². The average molecular weight is 1460 g/mol. The fourth-order valence-electron chi connectivity index (χ4n) is 14.4. The van der Waals surface area contributed by atoms with Crippen LogP contribution in [0.15, 0.2) is 53.8 Å². The van der Waals surface area contributed by atoms with Gasteiger partial charge >= 0.3 is 11.9 Å². The standard InChI is InChI=1S/C38H69NO13.C17H19N3O3S.C16H19N3O5S/c1-15-26-38(10,45)31(42)21(4)28(40)19(2)17-37(9,47-14)33(52-35-29(41)25(39(11)12)16-20(3)48-35)22(5)30(23(6)34(44)50-26)51-27-18-36(8,46-13)32(43)24(7)49-27;1-10-8-18-15(11(2)16(10)23-4)9-24(21)17-19-13-6-5-12(22-3)7-14(13)20-17;1-16(2)11(15(23)24)19-13(22)10(14(19)25-16)18-12(21)9(17)7-3-5-8(20)6-4-7/h19-27,29-33,35,41-43,45H,15-18H2,1-14H3;5-8H,9H2,1-4H3,(H,19,20);3-6,9-11,14,20H,17H2,1-2H3,(H,18,21)(H,23,24)/t19-,20-,21+,22?,23-,24+,25+,26-,27+,29-,30+,31-,32+,33-,35+,36-,37-,38-;;9-,10-,11+,14-/m1.1/s1. The molecule has 23 atom stereocenters. The Labute approximate surface area is 598 Å². The molecule has 5 saturated heterocycles. The minimum atomic E-state index is -1.96. The zero-order chi connectivity index (χ0) is 75.5. The number of aliphatic hydroxyl groups excluding tert-OH is 3. The van der Waals surface area contributed by atoms with Crippen molar-refractivity contribution in [2.75, 3.05) is 42.5 Å². The Morgan fingerprint density at radius 3 is 2.12 bits per heavy atom. The summed E-state index contributed by atoms with van der Waals surface area (Å²) in [6.45, 7) is 24.4. The number of H-pyrrole nitrogens is 1. The van der Waals surface area contributed by atoms with Crippen molar-refractivity contribution in [1.82, 2.24) is 30.1 Å². The maximum absolute atomic E-state index is 14.2. The first-order chi connectivity index (χ1) is 47.1. The number of aromatic hydroxyl groups is 1. The van der Waals surface area contributed by atoms with Gasteiger partial charge in [0, 0.05) is 72.6 Å². The molecule has 10 N–H and O–H groups in total. The van der Waals surface area contributed by atoms with Gasteiger partial charge in [-0.3, -0.25) is 28.4 Å². The molecule has 2 aromatic carbocycles. The summed E-state index contributed by atoms with van der Waals surface area (Å²) in [6, 6.07) is 8.42. The highest BCUT2D eigenvalue weighted by Gasteiger charge is 2.64. The topological polar surface area (TPSA) is 393 Å². The first-order valence-corrected chi connectivity index (χ1v) is 36.2. The predicted octanol–water partition coefficient (Wildman–Crippen LogP) is 5.36. The number of ether oxygens (including phenoxy) is 9. The number of aryl methyl sites for hydroxylation is 1. The van der Waals surface area contributed by atoms with E-state index >= 15 is 0 Å². The number of carboxylic acids is 1. The molecule has 2 aromatic heterocycles. The third-order valence-corrected chi connectivity index (χ3v) is 23.4. The van der Waals surface area contributed by atoms with E-state index in [9.17, 15) is 58.8 Å². The first-order valence-electron chi connectivity index (χ1n) is 34.0.